The Balaban J connectivity index is 2.21. The number of imidazole rings is 1. The minimum atomic E-state index is -0.0228. The molecule has 0 fully saturated rings. The van der Waals surface area contributed by atoms with Crippen LogP contribution >= 0.6 is 0 Å². The zero-order chi connectivity index (χ0) is 11.5. The zero-order valence-corrected chi connectivity index (χ0v) is 9.05. The number of carbonyl (C=O) groups is 1. The Morgan fingerprint density at radius 3 is 2.81 bits per heavy atom. The average molecular weight is 215 g/mol. The molecule has 0 radical (unpaired) electrons. The van der Waals surface area contributed by atoms with Gasteiger partial charge >= 0.3 is 0 Å². The number of nitrogen functional groups attached to an aromatic ring is 1. The van der Waals surface area contributed by atoms with Crippen molar-refractivity contribution in [2.75, 3.05) is 5.73 Å². The summed E-state index contributed by atoms with van der Waals surface area (Å²) in [6.07, 6.45) is 3.65. The summed E-state index contributed by atoms with van der Waals surface area (Å²) in [6.45, 7) is 0. The second kappa shape index (κ2) is 4.18. The maximum Gasteiger partial charge on any atom is 0.202 e. The fourth-order valence-corrected chi connectivity index (χ4v) is 1.58. The highest BCUT2D eigenvalue weighted by atomic mass is 16.1. The highest BCUT2D eigenvalue weighted by Crippen LogP contribution is 2.13. The van der Waals surface area contributed by atoms with Crippen LogP contribution in [-0.2, 0) is 13.5 Å². The Bertz CT molecular complexity index is 516. The van der Waals surface area contributed by atoms with Gasteiger partial charge in [-0.15, -0.1) is 0 Å². The van der Waals surface area contributed by atoms with Gasteiger partial charge in [0.2, 0.25) is 5.78 Å². The molecule has 2 aromatic rings. The molecule has 0 aliphatic rings. The standard InChI is InChI=1S/C12H13N3O/c1-15-7-6-14-12(15)11(16)8-9-4-2-3-5-10(9)13/h2-7H,8,13H2,1H3. The molecule has 1 aromatic carbocycles. The van der Waals surface area contributed by atoms with Crippen molar-refractivity contribution in [1.82, 2.24) is 9.55 Å². The van der Waals surface area contributed by atoms with Gasteiger partial charge in [0.05, 0.1) is 0 Å². The summed E-state index contributed by atoms with van der Waals surface area (Å²) >= 11 is 0. The molecule has 0 amide bonds. The van der Waals surface area contributed by atoms with Crippen LogP contribution in [0.5, 0.6) is 0 Å². The van der Waals surface area contributed by atoms with E-state index in [0.29, 0.717) is 11.5 Å². The zero-order valence-electron chi connectivity index (χ0n) is 9.05. The molecule has 4 heteroatoms. The topological polar surface area (TPSA) is 60.9 Å². The van der Waals surface area contributed by atoms with E-state index in [1.165, 1.54) is 0 Å². The monoisotopic (exact) mass is 215 g/mol. The second-order valence-corrected chi connectivity index (χ2v) is 3.66. The highest BCUT2D eigenvalue weighted by Gasteiger charge is 2.12. The number of benzene rings is 1. The van der Waals surface area contributed by atoms with Crippen LogP contribution in [-0.4, -0.2) is 15.3 Å². The van der Waals surface area contributed by atoms with Crippen LogP contribution < -0.4 is 5.73 Å². The van der Waals surface area contributed by atoms with Gasteiger partial charge in [-0.2, -0.15) is 0 Å². The number of aromatic nitrogens is 2. The lowest BCUT2D eigenvalue weighted by molar-refractivity contribution is 0.0980. The lowest BCUT2D eigenvalue weighted by Gasteiger charge is -2.04. The summed E-state index contributed by atoms with van der Waals surface area (Å²) in [5.74, 6) is 0.439. The molecule has 0 aliphatic carbocycles. The smallest absolute Gasteiger partial charge is 0.202 e. The number of aryl methyl sites for hydroxylation is 1. The van der Waals surface area contributed by atoms with Crippen LogP contribution in [0.25, 0.3) is 0 Å². The number of hydrogen-bond acceptors (Lipinski definition) is 3. The van der Waals surface area contributed by atoms with Gasteiger partial charge in [0, 0.05) is 31.5 Å². The van der Waals surface area contributed by atoms with Crippen molar-refractivity contribution in [3.05, 3.63) is 48.0 Å². The first-order valence-electron chi connectivity index (χ1n) is 5.02. The van der Waals surface area contributed by atoms with Crippen molar-refractivity contribution in [1.29, 1.82) is 0 Å². The minimum Gasteiger partial charge on any atom is -0.398 e. The second-order valence-electron chi connectivity index (χ2n) is 3.66. The molecule has 0 atom stereocenters. The van der Waals surface area contributed by atoms with Gasteiger partial charge in [0.1, 0.15) is 0 Å². The molecule has 16 heavy (non-hydrogen) atoms. The van der Waals surface area contributed by atoms with Gasteiger partial charge in [-0.1, -0.05) is 18.2 Å². The Kier molecular flexibility index (Phi) is 2.72. The van der Waals surface area contributed by atoms with Crippen molar-refractivity contribution in [2.45, 2.75) is 6.42 Å². The van der Waals surface area contributed by atoms with Crippen molar-refractivity contribution < 1.29 is 4.79 Å². The first kappa shape index (κ1) is 10.4. The molecular weight excluding hydrogens is 202 g/mol. The Morgan fingerprint density at radius 2 is 2.19 bits per heavy atom. The van der Waals surface area contributed by atoms with Gasteiger partial charge < -0.3 is 10.3 Å². The third-order valence-corrected chi connectivity index (χ3v) is 2.48. The summed E-state index contributed by atoms with van der Waals surface area (Å²) in [5.41, 5.74) is 7.27. The first-order chi connectivity index (χ1) is 7.68. The summed E-state index contributed by atoms with van der Waals surface area (Å²) in [5, 5.41) is 0. The molecule has 1 heterocycles. The number of anilines is 1. The molecule has 0 spiro atoms. The van der Waals surface area contributed by atoms with E-state index in [1.54, 1.807) is 30.1 Å². The quantitative estimate of drug-likeness (QED) is 0.622. The Morgan fingerprint density at radius 1 is 1.44 bits per heavy atom. The van der Waals surface area contributed by atoms with Crippen LogP contribution in [0.4, 0.5) is 5.69 Å². The number of rotatable bonds is 3. The van der Waals surface area contributed by atoms with Crippen LogP contribution in [0.3, 0.4) is 0 Å². The van der Waals surface area contributed by atoms with Crippen molar-refractivity contribution >= 4 is 11.5 Å². The summed E-state index contributed by atoms with van der Waals surface area (Å²) in [6, 6.07) is 7.37. The van der Waals surface area contributed by atoms with E-state index in [-0.39, 0.29) is 12.2 Å². The lowest BCUT2D eigenvalue weighted by Crippen LogP contribution is -2.11. The molecule has 0 saturated heterocycles. The largest absolute Gasteiger partial charge is 0.398 e. The van der Waals surface area contributed by atoms with Crippen LogP contribution in [0.2, 0.25) is 0 Å². The molecule has 0 bridgehead atoms. The van der Waals surface area contributed by atoms with E-state index in [0.717, 1.165) is 5.56 Å². The van der Waals surface area contributed by atoms with Crippen LogP contribution in [0.1, 0.15) is 16.2 Å². The van der Waals surface area contributed by atoms with Crippen molar-refractivity contribution in [3.8, 4) is 0 Å². The predicted octanol–water partition coefficient (Wildman–Crippen LogP) is 1.43. The van der Waals surface area contributed by atoms with Crippen molar-refractivity contribution in [3.63, 3.8) is 0 Å². The molecule has 0 saturated carbocycles. The summed E-state index contributed by atoms with van der Waals surface area (Å²) in [4.78, 5) is 15.9. The van der Waals surface area contributed by atoms with Crippen molar-refractivity contribution in [2.24, 2.45) is 7.05 Å². The molecule has 82 valence electrons. The normalized spacial score (nSPS) is 10.3. The summed E-state index contributed by atoms with van der Waals surface area (Å²) < 4.78 is 1.71. The first-order valence-corrected chi connectivity index (χ1v) is 5.02. The molecule has 0 aliphatic heterocycles. The minimum absolute atomic E-state index is 0.0228. The number of Topliss-reactive ketones (excluding diaryl/α,β-unsaturated/α-hetero) is 1. The number of nitrogens with two attached hydrogens (primary N) is 1. The van der Waals surface area contributed by atoms with E-state index in [2.05, 4.69) is 4.98 Å². The highest BCUT2D eigenvalue weighted by molar-refractivity contribution is 5.95. The van der Waals surface area contributed by atoms with Crippen LogP contribution in [0.15, 0.2) is 36.7 Å². The molecule has 1 aromatic heterocycles. The van der Waals surface area contributed by atoms with Gasteiger partial charge in [0.25, 0.3) is 0 Å². The van der Waals surface area contributed by atoms with Gasteiger partial charge in [-0.25, -0.2) is 4.98 Å². The Labute approximate surface area is 93.7 Å². The Hall–Kier alpha value is -2.10. The van der Waals surface area contributed by atoms with E-state index < -0.39 is 0 Å². The lowest BCUT2D eigenvalue weighted by atomic mass is 10.1. The molecule has 0 unspecified atom stereocenters. The van der Waals surface area contributed by atoms with E-state index in [1.807, 2.05) is 18.2 Å². The number of para-hydroxylation sites is 1. The maximum absolute atomic E-state index is 11.9. The number of ketones is 1. The number of carbonyl (C=O) groups excluding carboxylic acids is 1. The molecule has 4 nitrogen and oxygen atoms in total. The maximum atomic E-state index is 11.9. The third-order valence-electron chi connectivity index (χ3n) is 2.48. The summed E-state index contributed by atoms with van der Waals surface area (Å²) in [7, 11) is 1.80. The fourth-order valence-electron chi connectivity index (χ4n) is 1.58. The SMILES string of the molecule is Cn1ccnc1C(=O)Cc1ccccc1N. The third kappa shape index (κ3) is 1.95. The van der Waals surface area contributed by atoms with Gasteiger partial charge in [0.15, 0.2) is 5.82 Å². The molecule has 2 rings (SSSR count). The number of nitrogens with zero attached hydrogens (tertiary/aromatic N) is 2. The molecule has 2 N–H and O–H groups in total. The fraction of sp³-hybridized carbons (Fsp3) is 0.167. The van der Waals surface area contributed by atoms with Gasteiger partial charge in [-0.05, 0) is 11.6 Å². The molecular formula is C12H13N3O. The van der Waals surface area contributed by atoms with Crippen LogP contribution in [0, 0.1) is 0 Å². The van der Waals surface area contributed by atoms with E-state index in [4.69, 9.17) is 5.73 Å². The predicted molar refractivity (Wildman–Crippen MR) is 62.1 cm³/mol. The average Bonchev–Trinajstić information content (AvgIpc) is 2.68. The van der Waals surface area contributed by atoms with E-state index in [9.17, 15) is 4.79 Å². The van der Waals surface area contributed by atoms with Gasteiger partial charge in [-0.3, -0.25) is 4.79 Å². The van der Waals surface area contributed by atoms with E-state index >= 15 is 0 Å². The number of hydrogen-bond donors (Lipinski definition) is 1.